The first-order valence-electron chi connectivity index (χ1n) is 7.80. The van der Waals surface area contributed by atoms with Crippen LogP contribution in [0.5, 0.6) is 0 Å². The standard InChI is InChI=1S/C17H20N4O2/c22-12-17(23)21-10-7-13(8-11-21)14-4-3-6-16(19-14)20-15-5-1-2-9-18-15/h1-6,9,13,22H,7-8,10-12H2,(H,18,19,20). The maximum Gasteiger partial charge on any atom is 0.248 e. The number of aromatic nitrogens is 2. The highest BCUT2D eigenvalue weighted by Crippen LogP contribution is 2.27. The zero-order valence-electron chi connectivity index (χ0n) is 12.9. The van der Waals surface area contributed by atoms with Crippen LogP contribution in [0, 0.1) is 0 Å². The van der Waals surface area contributed by atoms with Crippen molar-refractivity contribution in [3.8, 4) is 0 Å². The fraction of sp³-hybridized carbons (Fsp3) is 0.353. The molecule has 6 nitrogen and oxygen atoms in total. The number of nitrogens with zero attached hydrogens (tertiary/aromatic N) is 3. The Hall–Kier alpha value is -2.47. The molecule has 0 unspecified atom stereocenters. The van der Waals surface area contributed by atoms with Crippen molar-refractivity contribution in [2.24, 2.45) is 0 Å². The number of pyridine rings is 2. The lowest BCUT2D eigenvalue weighted by Gasteiger charge is -2.31. The third kappa shape index (κ3) is 3.84. The Kier molecular flexibility index (Phi) is 4.83. The minimum atomic E-state index is -0.410. The molecule has 1 amide bonds. The van der Waals surface area contributed by atoms with Crippen LogP contribution < -0.4 is 5.32 Å². The Balaban J connectivity index is 1.65. The van der Waals surface area contributed by atoms with Crippen LogP contribution in [-0.2, 0) is 4.79 Å². The third-order valence-electron chi connectivity index (χ3n) is 4.09. The number of likely N-dealkylation sites (tertiary alicyclic amines) is 1. The van der Waals surface area contributed by atoms with Gasteiger partial charge in [-0.25, -0.2) is 9.97 Å². The second kappa shape index (κ2) is 7.19. The molecule has 0 spiro atoms. The molecule has 0 aromatic carbocycles. The topological polar surface area (TPSA) is 78.4 Å². The van der Waals surface area contributed by atoms with Gasteiger partial charge in [-0.05, 0) is 37.1 Å². The van der Waals surface area contributed by atoms with Crippen molar-refractivity contribution in [2.45, 2.75) is 18.8 Å². The van der Waals surface area contributed by atoms with Crippen molar-refractivity contribution >= 4 is 17.5 Å². The van der Waals surface area contributed by atoms with Crippen LogP contribution in [0.2, 0.25) is 0 Å². The van der Waals surface area contributed by atoms with Crippen molar-refractivity contribution in [1.29, 1.82) is 0 Å². The highest BCUT2D eigenvalue weighted by molar-refractivity contribution is 5.77. The molecule has 6 heteroatoms. The molecule has 3 rings (SSSR count). The first kappa shape index (κ1) is 15.4. The number of carbonyl (C=O) groups excluding carboxylic acids is 1. The molecule has 1 aliphatic heterocycles. The molecule has 2 aromatic heterocycles. The Morgan fingerprint density at radius 3 is 2.65 bits per heavy atom. The smallest absolute Gasteiger partial charge is 0.248 e. The molecule has 2 aromatic rings. The SMILES string of the molecule is O=C(CO)N1CCC(c2cccc(Nc3ccccn3)n2)CC1. The largest absolute Gasteiger partial charge is 0.387 e. The number of amides is 1. The van der Waals surface area contributed by atoms with Gasteiger partial charge in [0.05, 0.1) is 0 Å². The molecule has 3 heterocycles. The van der Waals surface area contributed by atoms with Crippen molar-refractivity contribution in [2.75, 3.05) is 25.0 Å². The van der Waals surface area contributed by atoms with E-state index in [4.69, 9.17) is 5.11 Å². The maximum absolute atomic E-state index is 11.5. The second-order valence-corrected chi connectivity index (χ2v) is 5.60. The third-order valence-corrected chi connectivity index (χ3v) is 4.09. The monoisotopic (exact) mass is 312 g/mol. The van der Waals surface area contributed by atoms with Crippen LogP contribution >= 0.6 is 0 Å². The molecule has 120 valence electrons. The van der Waals surface area contributed by atoms with E-state index in [9.17, 15) is 4.79 Å². The van der Waals surface area contributed by atoms with Gasteiger partial charge in [-0.1, -0.05) is 12.1 Å². The summed E-state index contributed by atoms with van der Waals surface area (Å²) in [6.07, 6.45) is 3.47. The van der Waals surface area contributed by atoms with Gasteiger partial charge in [0, 0.05) is 30.9 Å². The summed E-state index contributed by atoms with van der Waals surface area (Å²) < 4.78 is 0. The quantitative estimate of drug-likeness (QED) is 0.902. The zero-order chi connectivity index (χ0) is 16.1. The average molecular weight is 312 g/mol. The summed E-state index contributed by atoms with van der Waals surface area (Å²) in [5.41, 5.74) is 1.03. The van der Waals surface area contributed by atoms with Crippen LogP contribution in [0.4, 0.5) is 11.6 Å². The minimum absolute atomic E-state index is 0.193. The van der Waals surface area contributed by atoms with E-state index in [-0.39, 0.29) is 5.91 Å². The predicted molar refractivity (Wildman–Crippen MR) is 87.4 cm³/mol. The summed E-state index contributed by atoms with van der Waals surface area (Å²) in [6.45, 7) is 0.930. The minimum Gasteiger partial charge on any atom is -0.387 e. The number of anilines is 2. The lowest BCUT2D eigenvalue weighted by atomic mass is 9.93. The van der Waals surface area contributed by atoms with Crippen LogP contribution in [0.1, 0.15) is 24.5 Å². The summed E-state index contributed by atoms with van der Waals surface area (Å²) >= 11 is 0. The molecule has 0 radical (unpaired) electrons. The van der Waals surface area contributed by atoms with E-state index in [2.05, 4.69) is 15.3 Å². The van der Waals surface area contributed by atoms with E-state index in [1.807, 2.05) is 36.4 Å². The van der Waals surface area contributed by atoms with E-state index in [1.54, 1.807) is 11.1 Å². The lowest BCUT2D eigenvalue weighted by Crippen LogP contribution is -2.39. The fourth-order valence-corrected chi connectivity index (χ4v) is 2.84. The number of aliphatic hydroxyl groups excluding tert-OH is 1. The van der Waals surface area contributed by atoms with Crippen molar-refractivity contribution in [3.63, 3.8) is 0 Å². The first-order valence-corrected chi connectivity index (χ1v) is 7.80. The average Bonchev–Trinajstić information content (AvgIpc) is 2.62. The summed E-state index contributed by atoms with van der Waals surface area (Å²) in [6, 6.07) is 11.6. The molecule has 0 saturated carbocycles. The van der Waals surface area contributed by atoms with Gasteiger partial charge in [0.1, 0.15) is 18.2 Å². The fourth-order valence-electron chi connectivity index (χ4n) is 2.84. The normalized spacial score (nSPS) is 15.4. The molecular formula is C17H20N4O2. The summed E-state index contributed by atoms with van der Waals surface area (Å²) in [5, 5.41) is 12.1. The molecule has 23 heavy (non-hydrogen) atoms. The highest BCUT2D eigenvalue weighted by atomic mass is 16.3. The molecular weight excluding hydrogens is 292 g/mol. The molecule has 1 fully saturated rings. The summed E-state index contributed by atoms with van der Waals surface area (Å²) in [4.78, 5) is 22.1. The number of nitrogens with one attached hydrogen (secondary N) is 1. The lowest BCUT2D eigenvalue weighted by molar-refractivity contribution is -0.135. The summed E-state index contributed by atoms with van der Waals surface area (Å²) in [5.74, 6) is 1.68. The molecule has 1 aliphatic rings. The van der Waals surface area contributed by atoms with Crippen molar-refractivity contribution in [3.05, 3.63) is 48.3 Å². The van der Waals surface area contributed by atoms with Gasteiger partial charge < -0.3 is 15.3 Å². The van der Waals surface area contributed by atoms with Crippen LogP contribution in [-0.4, -0.2) is 45.6 Å². The van der Waals surface area contributed by atoms with Gasteiger partial charge in [0.25, 0.3) is 0 Å². The van der Waals surface area contributed by atoms with Crippen LogP contribution in [0.3, 0.4) is 0 Å². The molecule has 1 saturated heterocycles. The maximum atomic E-state index is 11.5. The Bertz CT molecular complexity index is 655. The van der Waals surface area contributed by atoms with Gasteiger partial charge in [0.15, 0.2) is 0 Å². The molecule has 0 aliphatic carbocycles. The van der Waals surface area contributed by atoms with Gasteiger partial charge in [-0.2, -0.15) is 0 Å². The summed E-state index contributed by atoms with van der Waals surface area (Å²) in [7, 11) is 0. The van der Waals surface area contributed by atoms with Gasteiger partial charge in [0.2, 0.25) is 5.91 Å². The van der Waals surface area contributed by atoms with Gasteiger partial charge in [-0.15, -0.1) is 0 Å². The number of aliphatic hydroxyl groups is 1. The Morgan fingerprint density at radius 1 is 1.17 bits per heavy atom. The molecule has 2 N–H and O–H groups in total. The number of hydrogen-bond donors (Lipinski definition) is 2. The Labute approximate surface area is 135 Å². The number of rotatable bonds is 4. The van der Waals surface area contributed by atoms with Gasteiger partial charge >= 0.3 is 0 Å². The molecule has 0 atom stereocenters. The highest BCUT2D eigenvalue weighted by Gasteiger charge is 2.24. The predicted octanol–water partition coefficient (Wildman–Crippen LogP) is 1.92. The van der Waals surface area contributed by atoms with Crippen molar-refractivity contribution in [1.82, 2.24) is 14.9 Å². The van der Waals surface area contributed by atoms with E-state index in [1.165, 1.54) is 0 Å². The number of hydrogen-bond acceptors (Lipinski definition) is 5. The van der Waals surface area contributed by atoms with Crippen LogP contribution in [0.15, 0.2) is 42.6 Å². The first-order chi connectivity index (χ1) is 11.3. The van der Waals surface area contributed by atoms with Gasteiger partial charge in [-0.3, -0.25) is 4.79 Å². The number of carbonyl (C=O) groups is 1. The van der Waals surface area contributed by atoms with E-state index in [0.29, 0.717) is 19.0 Å². The zero-order valence-corrected chi connectivity index (χ0v) is 12.9. The van der Waals surface area contributed by atoms with E-state index in [0.717, 1.165) is 30.2 Å². The number of piperidine rings is 1. The Morgan fingerprint density at radius 2 is 1.96 bits per heavy atom. The second-order valence-electron chi connectivity index (χ2n) is 5.60. The van der Waals surface area contributed by atoms with Crippen LogP contribution in [0.25, 0.3) is 0 Å². The van der Waals surface area contributed by atoms with E-state index < -0.39 is 6.61 Å². The van der Waals surface area contributed by atoms with Crippen molar-refractivity contribution < 1.29 is 9.90 Å². The van der Waals surface area contributed by atoms with E-state index >= 15 is 0 Å². The molecule has 0 bridgehead atoms.